The molecule has 0 saturated heterocycles. The minimum absolute atomic E-state index is 0.0652. The summed E-state index contributed by atoms with van der Waals surface area (Å²) >= 11 is 3.92. The van der Waals surface area contributed by atoms with E-state index in [2.05, 4.69) is 36.0 Å². The van der Waals surface area contributed by atoms with Crippen molar-refractivity contribution in [2.24, 2.45) is 0 Å². The van der Waals surface area contributed by atoms with Gasteiger partial charge >= 0.3 is 0 Å². The molecule has 2 aromatic rings. The second kappa shape index (κ2) is 4.62. The summed E-state index contributed by atoms with van der Waals surface area (Å²) < 4.78 is 17.2. The molecule has 82 valence electrons. The highest BCUT2D eigenvalue weighted by Gasteiger charge is 2.15. The highest BCUT2D eigenvalue weighted by Crippen LogP contribution is 2.19. The average Bonchev–Trinajstić information content (AvgIpc) is 2.74. The van der Waals surface area contributed by atoms with Gasteiger partial charge in [-0.15, -0.1) is 0 Å². The molecule has 0 aliphatic heterocycles. The van der Waals surface area contributed by atoms with Crippen LogP contribution in [0.2, 0.25) is 0 Å². The maximum absolute atomic E-state index is 13.5. The van der Waals surface area contributed by atoms with E-state index >= 15 is 0 Å². The molecule has 0 radical (unpaired) electrons. The summed E-state index contributed by atoms with van der Waals surface area (Å²) in [5.41, 5.74) is -0.0652. The highest BCUT2D eigenvalue weighted by atomic mass is 79.9. The van der Waals surface area contributed by atoms with E-state index in [1.807, 2.05) is 0 Å². The molecule has 2 rings (SSSR count). The number of carbonyl (C=O) groups is 1. The van der Waals surface area contributed by atoms with Gasteiger partial charge in [-0.3, -0.25) is 10.1 Å². The van der Waals surface area contributed by atoms with E-state index in [0.717, 1.165) is 11.5 Å². The molecule has 0 aliphatic carbocycles. The number of nitrogens with zero attached hydrogens (tertiary/aromatic N) is 3. The number of anilines is 1. The largest absolute Gasteiger partial charge is 0.295 e. The summed E-state index contributed by atoms with van der Waals surface area (Å²) in [6, 6.07) is 4.46. The Hall–Kier alpha value is -1.41. The van der Waals surface area contributed by atoms with Crippen LogP contribution in [0.25, 0.3) is 0 Å². The lowest BCUT2D eigenvalue weighted by atomic mass is 10.2. The molecule has 0 fully saturated rings. The molecule has 16 heavy (non-hydrogen) atoms. The Kier molecular flexibility index (Phi) is 3.20. The van der Waals surface area contributed by atoms with Gasteiger partial charge in [0.25, 0.3) is 5.91 Å². The standard InChI is InChI=1S/C8H4BrFN4OS/c9-5-3-1-2-4(6(5)10)7(15)11-8-12-13-14-16-8/h1-3H,(H,11,12,14,15). The van der Waals surface area contributed by atoms with Crippen molar-refractivity contribution in [3.8, 4) is 0 Å². The zero-order valence-corrected chi connectivity index (χ0v) is 10.0. The first kappa shape index (κ1) is 11.1. The minimum atomic E-state index is -0.613. The predicted octanol–water partition coefficient (Wildman–Crippen LogP) is 2.09. The van der Waals surface area contributed by atoms with Gasteiger partial charge in [0.15, 0.2) is 0 Å². The number of carbonyl (C=O) groups excluding carboxylic acids is 1. The van der Waals surface area contributed by atoms with E-state index in [9.17, 15) is 9.18 Å². The topological polar surface area (TPSA) is 67.8 Å². The minimum Gasteiger partial charge on any atom is -0.295 e. The number of halogens is 2. The van der Waals surface area contributed by atoms with Crippen LogP contribution in [0.4, 0.5) is 9.52 Å². The van der Waals surface area contributed by atoms with Crippen LogP contribution in [0, 0.1) is 5.82 Å². The Labute approximate surface area is 102 Å². The van der Waals surface area contributed by atoms with E-state index in [1.54, 1.807) is 6.07 Å². The summed E-state index contributed by atoms with van der Waals surface area (Å²) in [6.07, 6.45) is 0. The highest BCUT2D eigenvalue weighted by molar-refractivity contribution is 9.10. The van der Waals surface area contributed by atoms with Crippen LogP contribution < -0.4 is 5.32 Å². The first-order valence-electron chi connectivity index (χ1n) is 4.09. The van der Waals surface area contributed by atoms with E-state index in [1.165, 1.54) is 12.1 Å². The summed E-state index contributed by atoms with van der Waals surface area (Å²) in [7, 11) is 0. The van der Waals surface area contributed by atoms with Gasteiger partial charge in [-0.25, -0.2) is 4.39 Å². The van der Waals surface area contributed by atoms with Crippen LogP contribution in [-0.2, 0) is 0 Å². The Morgan fingerprint density at radius 2 is 2.31 bits per heavy atom. The SMILES string of the molecule is O=C(Nc1nnns1)c1cccc(Br)c1F. The molecule has 1 aromatic carbocycles. The molecular formula is C8H4BrFN4OS. The second-order valence-electron chi connectivity index (χ2n) is 2.72. The first-order chi connectivity index (χ1) is 7.68. The molecule has 1 amide bonds. The van der Waals surface area contributed by atoms with Gasteiger partial charge < -0.3 is 0 Å². The van der Waals surface area contributed by atoms with E-state index in [0.29, 0.717) is 0 Å². The quantitative estimate of drug-likeness (QED) is 0.922. The lowest BCUT2D eigenvalue weighted by Crippen LogP contribution is -2.13. The molecule has 0 aliphatic rings. The van der Waals surface area contributed by atoms with Crippen molar-refractivity contribution < 1.29 is 9.18 Å². The number of hydrogen-bond acceptors (Lipinski definition) is 5. The fraction of sp³-hybridized carbons (Fsp3) is 0. The predicted molar refractivity (Wildman–Crippen MR) is 59.8 cm³/mol. The van der Waals surface area contributed by atoms with Gasteiger partial charge in [0, 0.05) is 11.5 Å². The summed E-state index contributed by atoms with van der Waals surface area (Å²) in [5.74, 6) is -1.20. The Bertz CT molecular complexity index is 519. The first-order valence-corrected chi connectivity index (χ1v) is 5.65. The Morgan fingerprint density at radius 1 is 1.50 bits per heavy atom. The molecule has 0 unspecified atom stereocenters. The van der Waals surface area contributed by atoms with Crippen molar-refractivity contribution in [1.29, 1.82) is 0 Å². The van der Waals surface area contributed by atoms with Crippen LogP contribution >= 0.6 is 27.5 Å². The van der Waals surface area contributed by atoms with Gasteiger partial charge in [0.05, 0.1) is 10.0 Å². The van der Waals surface area contributed by atoms with Gasteiger partial charge in [0.2, 0.25) is 5.13 Å². The third kappa shape index (κ3) is 2.22. The molecule has 1 aromatic heterocycles. The molecule has 0 bridgehead atoms. The van der Waals surface area contributed by atoms with Crippen molar-refractivity contribution in [2.45, 2.75) is 0 Å². The number of aromatic nitrogens is 3. The normalized spacial score (nSPS) is 10.1. The lowest BCUT2D eigenvalue weighted by molar-refractivity contribution is 0.102. The Balaban J connectivity index is 2.24. The molecule has 0 saturated carbocycles. The maximum atomic E-state index is 13.5. The van der Waals surface area contributed by atoms with Crippen LogP contribution in [0.5, 0.6) is 0 Å². The zero-order chi connectivity index (χ0) is 11.5. The third-order valence-electron chi connectivity index (χ3n) is 1.72. The van der Waals surface area contributed by atoms with Crippen molar-refractivity contribution >= 4 is 38.5 Å². The van der Waals surface area contributed by atoms with E-state index < -0.39 is 11.7 Å². The fourth-order valence-electron chi connectivity index (χ4n) is 1.03. The Morgan fingerprint density at radius 3 is 3.00 bits per heavy atom. The van der Waals surface area contributed by atoms with Crippen LogP contribution in [0.3, 0.4) is 0 Å². The van der Waals surface area contributed by atoms with Gasteiger partial charge in [-0.2, -0.15) is 0 Å². The van der Waals surface area contributed by atoms with Crippen molar-refractivity contribution in [1.82, 2.24) is 14.8 Å². The molecule has 8 heteroatoms. The molecule has 1 heterocycles. The van der Waals surface area contributed by atoms with Crippen molar-refractivity contribution in [3.63, 3.8) is 0 Å². The number of nitrogens with one attached hydrogen (secondary N) is 1. The maximum Gasteiger partial charge on any atom is 0.260 e. The van der Waals surface area contributed by atoms with Crippen molar-refractivity contribution in [3.05, 3.63) is 34.1 Å². The number of rotatable bonds is 2. The van der Waals surface area contributed by atoms with E-state index in [4.69, 9.17) is 0 Å². The second-order valence-corrected chi connectivity index (χ2v) is 4.31. The number of amides is 1. The average molecular weight is 303 g/mol. The monoisotopic (exact) mass is 302 g/mol. The summed E-state index contributed by atoms with van der Waals surface area (Å²) in [4.78, 5) is 11.6. The summed E-state index contributed by atoms with van der Waals surface area (Å²) in [6.45, 7) is 0. The number of hydrogen-bond donors (Lipinski definition) is 1. The molecule has 0 atom stereocenters. The van der Waals surface area contributed by atoms with Gasteiger partial charge in [-0.05, 0) is 33.3 Å². The molecule has 1 N–H and O–H groups in total. The fourth-order valence-corrected chi connectivity index (χ4v) is 1.75. The van der Waals surface area contributed by atoms with Gasteiger partial charge in [-0.1, -0.05) is 15.7 Å². The summed E-state index contributed by atoms with van der Waals surface area (Å²) in [5, 5.41) is 9.45. The van der Waals surface area contributed by atoms with Crippen LogP contribution in [0.1, 0.15) is 10.4 Å². The molecule has 0 spiro atoms. The third-order valence-corrected chi connectivity index (χ3v) is 2.84. The smallest absolute Gasteiger partial charge is 0.260 e. The van der Waals surface area contributed by atoms with Gasteiger partial charge in [0.1, 0.15) is 5.82 Å². The zero-order valence-electron chi connectivity index (χ0n) is 7.65. The van der Waals surface area contributed by atoms with Crippen LogP contribution in [0.15, 0.2) is 22.7 Å². The van der Waals surface area contributed by atoms with E-state index in [-0.39, 0.29) is 15.2 Å². The van der Waals surface area contributed by atoms with Crippen LogP contribution in [-0.4, -0.2) is 20.7 Å². The lowest BCUT2D eigenvalue weighted by Gasteiger charge is -2.03. The molecule has 5 nitrogen and oxygen atoms in total. The molecular weight excluding hydrogens is 299 g/mol. The van der Waals surface area contributed by atoms with Crippen molar-refractivity contribution in [2.75, 3.05) is 5.32 Å². The number of benzene rings is 1.